The van der Waals surface area contributed by atoms with Gasteiger partial charge in [-0.1, -0.05) is 73.7 Å². The number of nitrogens with zero attached hydrogens (tertiary/aromatic N) is 1. The topological polar surface area (TPSA) is 149 Å². The minimum atomic E-state index is -4.62. The maximum Gasteiger partial charge on any atom is 0.380 e. The first kappa shape index (κ1) is 29.1. The van der Waals surface area contributed by atoms with Gasteiger partial charge in [0.25, 0.3) is 5.56 Å². The van der Waals surface area contributed by atoms with E-state index in [1.165, 1.54) is 26.1 Å². The number of H-pyrrole nitrogens is 1. The van der Waals surface area contributed by atoms with E-state index in [0.717, 1.165) is 21.6 Å². The molecular formula is C31H33N2O9PS. The number of aliphatic hydroxyl groups is 2. The van der Waals surface area contributed by atoms with Crippen LogP contribution < -0.4 is 10.1 Å². The summed E-state index contributed by atoms with van der Waals surface area (Å²) >= 11 is 5.17. The Bertz CT molecular complexity index is 1880. The lowest BCUT2D eigenvalue weighted by Crippen LogP contribution is -2.44. The van der Waals surface area contributed by atoms with E-state index in [4.69, 9.17) is 33.5 Å². The lowest BCUT2D eigenvalue weighted by molar-refractivity contribution is -0.148. The number of ether oxygens (including phenoxy) is 2. The fourth-order valence-electron chi connectivity index (χ4n) is 4.79. The first-order valence-corrected chi connectivity index (χ1v) is 15.9. The highest BCUT2D eigenvalue weighted by molar-refractivity contribution is 7.71. The molecule has 1 aliphatic rings. The standard InChI is InChI=1S/C31H33N2O9PS/c1-20(28(36)39-17-21-9-4-3-5-10-21)19-43(38,42-24-14-8-12-22-11-6-7-13-23(22)24)40-18-25-27(35)31(2,37)29(41-25)33-16-15-26(34)32-30(33)44/h3-16,20,25,27,29,35,37H,17-19H2,1-2H3,(H,32,34,44)/t20-,25-,27+,29-,31?,43+/m1/s1/i18D2. The fourth-order valence-corrected chi connectivity index (χ4v) is 6.77. The maximum absolute atomic E-state index is 14.5. The Morgan fingerprint density at radius 3 is 2.61 bits per heavy atom. The first-order chi connectivity index (χ1) is 21.7. The number of benzene rings is 3. The highest BCUT2D eigenvalue weighted by Gasteiger charge is 2.53. The molecule has 13 heteroatoms. The minimum absolute atomic E-state index is 0.0357. The van der Waals surface area contributed by atoms with Gasteiger partial charge in [0, 0.05) is 17.6 Å². The van der Waals surface area contributed by atoms with Gasteiger partial charge in [0.1, 0.15) is 30.2 Å². The number of aromatic nitrogens is 2. The summed E-state index contributed by atoms with van der Waals surface area (Å²) in [6, 6.07) is 22.2. The van der Waals surface area contributed by atoms with E-state index in [1.807, 2.05) is 18.2 Å². The molecule has 1 fully saturated rings. The van der Waals surface area contributed by atoms with E-state index in [-0.39, 0.29) is 17.1 Å². The highest BCUT2D eigenvalue weighted by atomic mass is 32.1. The molecule has 44 heavy (non-hydrogen) atoms. The van der Waals surface area contributed by atoms with Crippen LogP contribution in [0.15, 0.2) is 89.9 Å². The fraction of sp³-hybridized carbons (Fsp3) is 0.323. The molecule has 3 N–H and O–H groups in total. The summed E-state index contributed by atoms with van der Waals surface area (Å²) in [5.74, 6) is -1.69. The van der Waals surface area contributed by atoms with Gasteiger partial charge < -0.3 is 24.2 Å². The smallest absolute Gasteiger partial charge is 0.380 e. The average Bonchev–Trinajstić information content (AvgIpc) is 3.25. The number of esters is 1. The molecule has 5 rings (SSSR count). The zero-order valence-corrected chi connectivity index (χ0v) is 25.6. The van der Waals surface area contributed by atoms with Crippen molar-refractivity contribution in [3.63, 3.8) is 0 Å². The Morgan fingerprint density at radius 2 is 1.86 bits per heavy atom. The van der Waals surface area contributed by atoms with Gasteiger partial charge >= 0.3 is 13.6 Å². The van der Waals surface area contributed by atoms with E-state index < -0.39 is 61.8 Å². The number of rotatable bonds is 11. The maximum atomic E-state index is 14.5. The number of carbonyl (C=O) groups excluding carboxylic acids is 1. The van der Waals surface area contributed by atoms with Crippen LogP contribution in [-0.2, 0) is 30.0 Å². The summed E-state index contributed by atoms with van der Waals surface area (Å²) in [7, 11) is -4.62. The Balaban J connectivity index is 1.44. The van der Waals surface area contributed by atoms with Crippen LogP contribution in [-0.4, -0.2) is 56.3 Å². The number of carbonyl (C=O) groups is 1. The third-order valence-corrected chi connectivity index (χ3v) is 9.35. The Labute approximate surface area is 261 Å². The number of hydrogen-bond acceptors (Lipinski definition) is 10. The molecule has 0 aliphatic carbocycles. The van der Waals surface area contributed by atoms with Gasteiger partial charge in [-0.25, -0.2) is 4.57 Å². The predicted octanol–water partition coefficient (Wildman–Crippen LogP) is 4.74. The monoisotopic (exact) mass is 642 g/mol. The van der Waals surface area contributed by atoms with Crippen LogP contribution in [0.4, 0.5) is 0 Å². The SMILES string of the molecule is [2H]C([2H])(O[P@@](=O)(C[C@@H](C)C(=O)OCc1ccccc1)Oc1cccc2ccccc12)[C@H]1O[C@@H](n2ccc(=O)[nH]c2=S)C(C)(O)[C@H]1O. The molecule has 2 heterocycles. The molecule has 4 aromatic rings. The third kappa shape index (κ3) is 7.02. The molecular weight excluding hydrogens is 607 g/mol. The number of aromatic amines is 1. The Hall–Kier alpha value is -3.64. The number of hydrogen-bond donors (Lipinski definition) is 3. The van der Waals surface area contributed by atoms with Crippen molar-refractivity contribution in [1.82, 2.24) is 9.55 Å². The van der Waals surface area contributed by atoms with E-state index in [2.05, 4.69) is 4.98 Å². The van der Waals surface area contributed by atoms with Crippen molar-refractivity contribution in [2.75, 3.05) is 12.7 Å². The third-order valence-electron chi connectivity index (χ3n) is 7.18. The van der Waals surface area contributed by atoms with Crippen molar-refractivity contribution in [1.29, 1.82) is 0 Å². The van der Waals surface area contributed by atoms with Crippen molar-refractivity contribution < 1.29 is 40.8 Å². The normalized spacial score (nSPS) is 24.6. The lowest BCUT2D eigenvalue weighted by atomic mass is 9.96. The number of fused-ring (bicyclic) bond motifs is 1. The zero-order chi connectivity index (χ0) is 33.3. The molecule has 6 atom stereocenters. The second kappa shape index (κ2) is 13.2. The van der Waals surface area contributed by atoms with Crippen LogP contribution in [0, 0.1) is 10.7 Å². The van der Waals surface area contributed by atoms with Gasteiger partial charge in [-0.3, -0.25) is 23.7 Å². The summed E-state index contributed by atoms with van der Waals surface area (Å²) in [4.78, 5) is 27.1. The molecule has 11 nitrogen and oxygen atoms in total. The number of nitrogens with one attached hydrogen (secondary N) is 1. The number of aliphatic hydroxyl groups excluding tert-OH is 1. The van der Waals surface area contributed by atoms with E-state index in [9.17, 15) is 24.4 Å². The second-order valence-electron chi connectivity index (χ2n) is 10.7. The van der Waals surface area contributed by atoms with Gasteiger partial charge in [0.2, 0.25) is 0 Å². The van der Waals surface area contributed by atoms with Crippen LogP contribution in [0.1, 0.15) is 28.4 Å². The van der Waals surface area contributed by atoms with Crippen LogP contribution in [0.5, 0.6) is 5.75 Å². The molecule has 0 radical (unpaired) electrons. The summed E-state index contributed by atoms with van der Waals surface area (Å²) in [6.45, 7) is -0.449. The van der Waals surface area contributed by atoms with Gasteiger partial charge in [0.15, 0.2) is 11.0 Å². The first-order valence-electron chi connectivity index (χ1n) is 14.8. The average molecular weight is 643 g/mol. The molecule has 0 amide bonds. The van der Waals surface area contributed by atoms with Crippen molar-refractivity contribution >= 4 is 36.6 Å². The van der Waals surface area contributed by atoms with E-state index in [0.29, 0.717) is 5.39 Å². The molecule has 1 saturated heterocycles. The summed E-state index contributed by atoms with van der Waals surface area (Å²) in [5.41, 5.74) is -1.92. The van der Waals surface area contributed by atoms with Gasteiger partial charge in [-0.15, -0.1) is 0 Å². The second-order valence-corrected chi connectivity index (χ2v) is 13.0. The molecule has 0 bridgehead atoms. The van der Waals surface area contributed by atoms with Crippen molar-refractivity contribution in [3.05, 3.63) is 106 Å². The van der Waals surface area contributed by atoms with Gasteiger partial charge in [-0.2, -0.15) is 0 Å². The molecule has 232 valence electrons. The Morgan fingerprint density at radius 1 is 1.16 bits per heavy atom. The molecule has 3 aromatic carbocycles. The van der Waals surface area contributed by atoms with Crippen LogP contribution in [0.25, 0.3) is 10.8 Å². The summed E-state index contributed by atoms with van der Waals surface area (Å²) in [6.07, 6.45) is -4.70. The lowest BCUT2D eigenvalue weighted by Gasteiger charge is -2.28. The minimum Gasteiger partial charge on any atom is -0.461 e. The van der Waals surface area contributed by atoms with Crippen molar-refractivity contribution in [2.45, 2.75) is 44.5 Å². The highest BCUT2D eigenvalue weighted by Crippen LogP contribution is 2.52. The largest absolute Gasteiger partial charge is 0.461 e. The molecule has 0 spiro atoms. The molecule has 0 saturated carbocycles. The van der Waals surface area contributed by atoms with Crippen LogP contribution in [0.2, 0.25) is 0 Å². The van der Waals surface area contributed by atoms with E-state index >= 15 is 0 Å². The predicted molar refractivity (Wildman–Crippen MR) is 165 cm³/mol. The molecule has 1 unspecified atom stereocenters. The van der Waals surface area contributed by atoms with Crippen molar-refractivity contribution in [2.24, 2.45) is 5.92 Å². The molecule has 1 aromatic heterocycles. The van der Waals surface area contributed by atoms with E-state index in [1.54, 1.807) is 48.5 Å². The van der Waals surface area contributed by atoms with Gasteiger partial charge in [0.05, 0.1) is 21.4 Å². The molecule has 1 aliphatic heterocycles. The quantitative estimate of drug-likeness (QED) is 0.119. The van der Waals surface area contributed by atoms with Crippen LogP contribution in [0.3, 0.4) is 0 Å². The van der Waals surface area contributed by atoms with Gasteiger partial charge in [-0.05, 0) is 36.2 Å². The van der Waals surface area contributed by atoms with Crippen LogP contribution >= 0.6 is 19.8 Å². The van der Waals surface area contributed by atoms with Crippen molar-refractivity contribution in [3.8, 4) is 5.75 Å². The Kier molecular flexibility index (Phi) is 8.70. The summed E-state index contributed by atoms with van der Waals surface area (Å²) < 4.78 is 55.9. The summed E-state index contributed by atoms with van der Waals surface area (Å²) in [5, 5.41) is 23.6. The zero-order valence-electron chi connectivity index (χ0n) is 25.9.